The van der Waals surface area contributed by atoms with E-state index in [1.54, 1.807) is 0 Å². The average Bonchev–Trinajstić information content (AvgIpc) is 2.85. The number of carbonyl (C=O) groups is 1. The fraction of sp³-hybridized carbons (Fsp3) is 0.400. The van der Waals surface area contributed by atoms with Gasteiger partial charge in [0, 0.05) is 28.8 Å². The molecular weight excluding hydrogens is 346 g/mol. The Labute approximate surface area is 168 Å². The second-order valence-corrected chi connectivity index (χ2v) is 9.59. The van der Waals surface area contributed by atoms with E-state index in [1.165, 1.54) is 0 Å². The molecule has 0 radical (unpaired) electrons. The number of amides is 1. The van der Waals surface area contributed by atoms with Crippen LogP contribution >= 0.6 is 0 Å². The first kappa shape index (κ1) is 20.2. The lowest BCUT2D eigenvalue weighted by Gasteiger charge is -2.28. The molecule has 0 fully saturated rings. The number of nitrogens with zero attached hydrogens (tertiary/aromatic N) is 1. The molecule has 3 nitrogen and oxygen atoms in total. The van der Waals surface area contributed by atoms with Crippen molar-refractivity contribution in [2.24, 2.45) is 0 Å². The molecule has 148 valence electrons. The minimum absolute atomic E-state index is 0.0337. The third-order valence-electron chi connectivity index (χ3n) is 5.34. The van der Waals surface area contributed by atoms with Crippen LogP contribution in [0.1, 0.15) is 70.7 Å². The van der Waals surface area contributed by atoms with Gasteiger partial charge < -0.3 is 10.0 Å². The smallest absolute Gasteiger partial charge is 0.258 e. The number of phenolic OH excluding ortho intramolecular Hbond substituents is 1. The van der Waals surface area contributed by atoms with Crippen molar-refractivity contribution >= 4 is 23.2 Å². The largest absolute Gasteiger partial charge is 0.507 e. The first-order valence-corrected chi connectivity index (χ1v) is 9.96. The normalized spacial score (nSPS) is 16.0. The van der Waals surface area contributed by atoms with Crippen molar-refractivity contribution in [1.82, 2.24) is 0 Å². The summed E-state index contributed by atoms with van der Waals surface area (Å²) in [5.74, 6) is 0.391. The molecule has 1 heterocycles. The van der Waals surface area contributed by atoms with Gasteiger partial charge in [0.25, 0.3) is 5.91 Å². The third kappa shape index (κ3) is 3.46. The van der Waals surface area contributed by atoms with E-state index in [4.69, 9.17) is 0 Å². The van der Waals surface area contributed by atoms with Crippen LogP contribution in [0.3, 0.4) is 0 Å². The Morgan fingerprint density at radius 2 is 1.50 bits per heavy atom. The van der Waals surface area contributed by atoms with Crippen molar-refractivity contribution in [2.75, 3.05) is 11.4 Å². The summed E-state index contributed by atoms with van der Waals surface area (Å²) in [4.78, 5) is 14.9. The molecule has 0 spiro atoms. The van der Waals surface area contributed by atoms with Gasteiger partial charge in [-0.2, -0.15) is 0 Å². The highest BCUT2D eigenvalue weighted by Gasteiger charge is 2.31. The molecule has 1 amide bonds. The predicted molar refractivity (Wildman–Crippen MR) is 118 cm³/mol. The highest BCUT2D eigenvalue weighted by Crippen LogP contribution is 2.42. The van der Waals surface area contributed by atoms with Gasteiger partial charge in [-0.3, -0.25) is 4.79 Å². The fourth-order valence-electron chi connectivity index (χ4n) is 3.81. The molecule has 2 aromatic carbocycles. The van der Waals surface area contributed by atoms with Crippen LogP contribution in [0.5, 0.6) is 5.75 Å². The van der Waals surface area contributed by atoms with Crippen molar-refractivity contribution < 1.29 is 9.90 Å². The summed E-state index contributed by atoms with van der Waals surface area (Å²) in [7, 11) is 0. The maximum Gasteiger partial charge on any atom is 0.258 e. The van der Waals surface area contributed by atoms with Crippen molar-refractivity contribution in [2.45, 2.75) is 59.3 Å². The van der Waals surface area contributed by atoms with E-state index in [0.29, 0.717) is 17.9 Å². The van der Waals surface area contributed by atoms with Crippen molar-refractivity contribution in [3.63, 3.8) is 0 Å². The number of aromatic hydroxyl groups is 1. The third-order valence-corrected chi connectivity index (χ3v) is 5.34. The number of hydrogen-bond acceptors (Lipinski definition) is 2. The van der Waals surface area contributed by atoms with Gasteiger partial charge in [0.15, 0.2) is 0 Å². The number of likely N-dealkylation sites (N-methyl/N-ethyl adjacent to an activating group) is 1. The molecule has 0 saturated carbocycles. The lowest BCUT2D eigenvalue weighted by atomic mass is 9.78. The molecule has 0 aliphatic carbocycles. The molecule has 1 aliphatic rings. The second-order valence-electron chi connectivity index (χ2n) is 9.59. The quantitative estimate of drug-likeness (QED) is 0.663. The zero-order valence-electron chi connectivity index (χ0n) is 18.1. The molecule has 28 heavy (non-hydrogen) atoms. The van der Waals surface area contributed by atoms with Gasteiger partial charge in [-0.05, 0) is 47.6 Å². The number of rotatable bonds is 2. The summed E-state index contributed by atoms with van der Waals surface area (Å²) >= 11 is 0. The molecule has 2 aromatic rings. The molecule has 3 rings (SSSR count). The monoisotopic (exact) mass is 377 g/mol. The summed E-state index contributed by atoms with van der Waals surface area (Å²) in [5, 5.41) is 10.9. The molecule has 1 aliphatic heterocycles. The summed E-state index contributed by atoms with van der Waals surface area (Å²) in [6.45, 7) is 15.2. The minimum Gasteiger partial charge on any atom is -0.507 e. The Morgan fingerprint density at radius 3 is 2.00 bits per heavy atom. The summed E-state index contributed by atoms with van der Waals surface area (Å²) in [6.07, 6.45) is 1.97. The van der Waals surface area contributed by atoms with Crippen LogP contribution < -0.4 is 4.90 Å². The Kier molecular flexibility index (Phi) is 4.91. The van der Waals surface area contributed by atoms with Crippen LogP contribution in [-0.4, -0.2) is 17.6 Å². The molecular formula is C25H31NO2. The van der Waals surface area contributed by atoms with E-state index in [0.717, 1.165) is 27.9 Å². The highest BCUT2D eigenvalue weighted by molar-refractivity contribution is 6.35. The van der Waals surface area contributed by atoms with Crippen LogP contribution in [0.25, 0.3) is 11.6 Å². The van der Waals surface area contributed by atoms with Gasteiger partial charge in [0.1, 0.15) is 5.75 Å². The zero-order valence-corrected chi connectivity index (χ0v) is 18.1. The summed E-state index contributed by atoms with van der Waals surface area (Å²) < 4.78 is 0. The number of carbonyl (C=O) groups excluding carboxylic acids is 1. The Bertz CT molecular complexity index is 920. The van der Waals surface area contributed by atoms with Crippen LogP contribution in [0.15, 0.2) is 36.4 Å². The van der Waals surface area contributed by atoms with E-state index >= 15 is 0 Å². The van der Waals surface area contributed by atoms with E-state index in [-0.39, 0.29) is 16.7 Å². The number of anilines is 1. The topological polar surface area (TPSA) is 40.5 Å². The summed E-state index contributed by atoms with van der Waals surface area (Å²) in [5.41, 5.74) is 4.99. The van der Waals surface area contributed by atoms with Crippen molar-refractivity contribution in [3.8, 4) is 5.75 Å². The van der Waals surface area contributed by atoms with Crippen molar-refractivity contribution in [1.29, 1.82) is 0 Å². The molecule has 0 aromatic heterocycles. The molecule has 0 bridgehead atoms. The van der Waals surface area contributed by atoms with Crippen LogP contribution in [0.4, 0.5) is 5.69 Å². The van der Waals surface area contributed by atoms with Gasteiger partial charge in [-0.15, -0.1) is 0 Å². The maximum absolute atomic E-state index is 13.0. The number of phenols is 1. The van der Waals surface area contributed by atoms with Gasteiger partial charge >= 0.3 is 0 Å². The van der Waals surface area contributed by atoms with Crippen LogP contribution in [-0.2, 0) is 15.6 Å². The lowest BCUT2D eigenvalue weighted by Crippen LogP contribution is -2.25. The first-order chi connectivity index (χ1) is 12.9. The maximum atomic E-state index is 13.0. The molecule has 0 saturated heterocycles. The minimum atomic E-state index is -0.203. The first-order valence-electron chi connectivity index (χ1n) is 9.96. The number of fused-ring (bicyclic) bond motifs is 1. The zero-order chi connectivity index (χ0) is 20.9. The van der Waals surface area contributed by atoms with Gasteiger partial charge in [-0.25, -0.2) is 0 Å². The Hall–Kier alpha value is -2.55. The van der Waals surface area contributed by atoms with E-state index in [2.05, 4.69) is 41.5 Å². The molecule has 0 unspecified atom stereocenters. The lowest BCUT2D eigenvalue weighted by molar-refractivity contribution is -0.112. The van der Waals surface area contributed by atoms with Gasteiger partial charge in [-0.1, -0.05) is 59.7 Å². The Morgan fingerprint density at radius 1 is 0.964 bits per heavy atom. The molecule has 3 heteroatoms. The number of benzene rings is 2. The number of para-hydroxylation sites is 1. The van der Waals surface area contributed by atoms with Crippen LogP contribution in [0, 0.1) is 0 Å². The molecule has 0 atom stereocenters. The van der Waals surface area contributed by atoms with Gasteiger partial charge in [0.2, 0.25) is 0 Å². The van der Waals surface area contributed by atoms with E-state index < -0.39 is 0 Å². The predicted octanol–water partition coefficient (Wildman–Crippen LogP) is 5.89. The highest BCUT2D eigenvalue weighted by atomic mass is 16.3. The average molecular weight is 378 g/mol. The number of hydrogen-bond donors (Lipinski definition) is 1. The standard InChI is InChI=1S/C25H31NO2/c1-8-26-21-12-10-9-11-17(21)18(23(26)28)13-16-14-19(24(2,3)4)22(27)20(15-16)25(5,6)7/h9-15,27H,8H2,1-7H3/b18-13-. The van der Waals surface area contributed by atoms with E-state index in [9.17, 15) is 9.90 Å². The summed E-state index contributed by atoms with van der Waals surface area (Å²) in [6, 6.07) is 12.0. The van der Waals surface area contributed by atoms with Gasteiger partial charge in [0.05, 0.1) is 5.69 Å². The second kappa shape index (κ2) is 6.80. The SMILES string of the molecule is CCN1C(=O)/C(=C\c2cc(C(C)(C)C)c(O)c(C(C)(C)C)c2)c2ccccc21. The Balaban J connectivity index is 2.24. The molecule has 1 N–H and O–H groups in total. The van der Waals surface area contributed by atoms with Crippen molar-refractivity contribution in [3.05, 3.63) is 58.7 Å². The fourth-order valence-corrected chi connectivity index (χ4v) is 3.81. The van der Waals surface area contributed by atoms with Crippen LogP contribution in [0.2, 0.25) is 0 Å². The van der Waals surface area contributed by atoms with E-state index in [1.807, 2.05) is 54.3 Å².